The van der Waals surface area contributed by atoms with Gasteiger partial charge in [0.25, 0.3) is 0 Å². The van der Waals surface area contributed by atoms with Gasteiger partial charge in [0.1, 0.15) is 6.33 Å². The highest BCUT2D eigenvalue weighted by Gasteiger charge is 2.33. The lowest BCUT2D eigenvalue weighted by molar-refractivity contribution is -0.383. The largest absolute Gasteiger partial charge is 0.364 e. The van der Waals surface area contributed by atoms with Crippen LogP contribution in [0.5, 0.6) is 0 Å². The van der Waals surface area contributed by atoms with E-state index in [-0.39, 0.29) is 16.0 Å². The molecule has 1 fully saturated rings. The summed E-state index contributed by atoms with van der Waals surface area (Å²) in [6.45, 7) is 8.61. The molecule has 0 aromatic carbocycles. The van der Waals surface area contributed by atoms with E-state index in [2.05, 4.69) is 29.1 Å². The van der Waals surface area contributed by atoms with Crippen LogP contribution in [-0.4, -0.2) is 34.5 Å². The monoisotopic (exact) mass is 293 g/mol. The molecule has 0 radical (unpaired) electrons. The van der Waals surface area contributed by atoms with E-state index in [0.29, 0.717) is 18.2 Å². The first-order valence-electron chi connectivity index (χ1n) is 7.43. The lowest BCUT2D eigenvalue weighted by atomic mass is 9.84. The van der Waals surface area contributed by atoms with E-state index >= 15 is 0 Å². The molecule has 21 heavy (non-hydrogen) atoms. The van der Waals surface area contributed by atoms with Crippen molar-refractivity contribution in [1.29, 1.82) is 0 Å². The average Bonchev–Trinajstić information content (AvgIpc) is 2.43. The topological polar surface area (TPSA) is 84.2 Å². The highest BCUT2D eigenvalue weighted by molar-refractivity contribution is 5.70. The maximum absolute atomic E-state index is 11.5. The Bertz CT molecular complexity index is 518. The molecule has 2 rings (SSSR count). The number of hydrogen-bond donors (Lipinski definition) is 1. The highest BCUT2D eigenvalue weighted by atomic mass is 16.6. The molecule has 7 heteroatoms. The van der Waals surface area contributed by atoms with Crippen LogP contribution in [0.25, 0.3) is 0 Å². The zero-order valence-electron chi connectivity index (χ0n) is 12.9. The fraction of sp³-hybridized carbons (Fsp3) is 0.714. The summed E-state index contributed by atoms with van der Waals surface area (Å²) in [5.74, 6) is 0.747. The number of hydrogen-bond acceptors (Lipinski definition) is 6. The van der Waals surface area contributed by atoms with Gasteiger partial charge in [0.05, 0.1) is 4.92 Å². The number of piperidine rings is 1. The van der Waals surface area contributed by atoms with Gasteiger partial charge in [-0.1, -0.05) is 20.8 Å². The number of anilines is 2. The minimum atomic E-state index is -0.380. The molecule has 1 aliphatic heterocycles. The normalized spacial score (nSPS) is 17.6. The fourth-order valence-electron chi connectivity index (χ4n) is 2.75. The van der Waals surface area contributed by atoms with Crippen LogP contribution < -0.4 is 10.2 Å². The molecule has 1 aromatic rings. The smallest absolute Gasteiger partial charge is 0.353 e. The Hall–Kier alpha value is -1.92. The second-order valence-corrected chi connectivity index (χ2v) is 6.27. The Morgan fingerprint density at radius 2 is 2.24 bits per heavy atom. The maximum Gasteiger partial charge on any atom is 0.353 e. The third-order valence-electron chi connectivity index (χ3n) is 3.73. The molecule has 1 saturated heterocycles. The maximum atomic E-state index is 11.5. The quantitative estimate of drug-likeness (QED) is 0.664. The molecule has 0 aliphatic carbocycles. The van der Waals surface area contributed by atoms with Gasteiger partial charge < -0.3 is 10.2 Å². The molecule has 0 bridgehead atoms. The summed E-state index contributed by atoms with van der Waals surface area (Å²) in [7, 11) is 0. The zero-order chi connectivity index (χ0) is 15.5. The van der Waals surface area contributed by atoms with Gasteiger partial charge in [-0.25, -0.2) is 9.97 Å². The van der Waals surface area contributed by atoms with Crippen LogP contribution in [0.1, 0.15) is 40.0 Å². The van der Waals surface area contributed by atoms with Crippen LogP contribution in [0, 0.1) is 15.5 Å². The zero-order valence-corrected chi connectivity index (χ0v) is 12.9. The fourth-order valence-corrected chi connectivity index (χ4v) is 2.75. The van der Waals surface area contributed by atoms with E-state index in [1.807, 2.05) is 11.8 Å². The number of nitrogens with one attached hydrogen (secondary N) is 1. The van der Waals surface area contributed by atoms with Crippen molar-refractivity contribution >= 4 is 17.3 Å². The summed E-state index contributed by atoms with van der Waals surface area (Å²) in [6, 6.07) is 0. The summed E-state index contributed by atoms with van der Waals surface area (Å²) in [5, 5.41) is 14.5. The Kier molecular flexibility index (Phi) is 4.59. The summed E-state index contributed by atoms with van der Waals surface area (Å²) in [6.07, 6.45) is 4.43. The summed E-state index contributed by atoms with van der Waals surface area (Å²) in [5.41, 5.74) is 0.136. The van der Waals surface area contributed by atoms with Gasteiger partial charge >= 0.3 is 5.69 Å². The first-order valence-corrected chi connectivity index (χ1v) is 7.43. The average molecular weight is 293 g/mol. The van der Waals surface area contributed by atoms with Crippen LogP contribution >= 0.6 is 0 Å². The van der Waals surface area contributed by atoms with Crippen LogP contribution in [0.3, 0.4) is 0 Å². The lowest BCUT2D eigenvalue weighted by Gasteiger charge is -2.38. The molecular weight excluding hydrogens is 270 g/mol. The molecule has 2 heterocycles. The minimum Gasteiger partial charge on any atom is -0.364 e. The molecule has 1 aliphatic rings. The van der Waals surface area contributed by atoms with Gasteiger partial charge in [0.2, 0.25) is 11.6 Å². The van der Waals surface area contributed by atoms with Crippen molar-refractivity contribution < 1.29 is 4.92 Å². The Morgan fingerprint density at radius 3 is 2.86 bits per heavy atom. The predicted octanol–water partition coefficient (Wildman–Crippen LogP) is 2.83. The number of aromatic nitrogens is 2. The highest BCUT2D eigenvalue weighted by Crippen LogP contribution is 2.37. The Balaban J connectivity index is 2.36. The van der Waals surface area contributed by atoms with Gasteiger partial charge in [0, 0.05) is 19.6 Å². The Labute approximate surface area is 124 Å². The number of rotatable bonds is 5. The molecule has 0 unspecified atom stereocenters. The Morgan fingerprint density at radius 1 is 1.48 bits per heavy atom. The van der Waals surface area contributed by atoms with Crippen LogP contribution in [0.15, 0.2) is 6.33 Å². The van der Waals surface area contributed by atoms with Crippen molar-refractivity contribution in [3.05, 3.63) is 16.4 Å². The van der Waals surface area contributed by atoms with Gasteiger partial charge in [-0.3, -0.25) is 10.1 Å². The predicted molar refractivity (Wildman–Crippen MR) is 82.7 cm³/mol. The number of nitrogens with zero attached hydrogens (tertiary/aromatic N) is 4. The summed E-state index contributed by atoms with van der Waals surface area (Å²) < 4.78 is 0. The van der Waals surface area contributed by atoms with Crippen molar-refractivity contribution in [1.82, 2.24) is 9.97 Å². The van der Waals surface area contributed by atoms with E-state index in [0.717, 1.165) is 32.4 Å². The van der Waals surface area contributed by atoms with Crippen LogP contribution in [0.2, 0.25) is 0 Å². The molecule has 0 saturated carbocycles. The van der Waals surface area contributed by atoms with E-state index < -0.39 is 0 Å². The molecule has 0 atom stereocenters. The van der Waals surface area contributed by atoms with Crippen molar-refractivity contribution in [2.45, 2.75) is 40.0 Å². The summed E-state index contributed by atoms with van der Waals surface area (Å²) >= 11 is 0. The van der Waals surface area contributed by atoms with E-state index in [1.165, 1.54) is 6.33 Å². The van der Waals surface area contributed by atoms with Crippen molar-refractivity contribution in [2.75, 3.05) is 29.9 Å². The molecule has 7 nitrogen and oxygen atoms in total. The van der Waals surface area contributed by atoms with Crippen molar-refractivity contribution in [2.24, 2.45) is 5.41 Å². The van der Waals surface area contributed by atoms with Gasteiger partial charge in [-0.2, -0.15) is 0 Å². The first kappa shape index (κ1) is 15.5. The van der Waals surface area contributed by atoms with E-state index in [9.17, 15) is 10.1 Å². The second-order valence-electron chi connectivity index (χ2n) is 6.27. The minimum absolute atomic E-state index is 0.0105. The third kappa shape index (κ3) is 3.59. The van der Waals surface area contributed by atoms with Crippen LogP contribution in [0.4, 0.5) is 17.3 Å². The molecule has 1 aromatic heterocycles. The standard InChI is InChI=1S/C14H23N5O2/c1-4-7-15-12-11(19(20)21)13(17-10-16-12)18-8-5-6-14(2,3)9-18/h10H,4-9H2,1-3H3,(H,15,16,17). The van der Waals surface area contributed by atoms with Gasteiger partial charge in [0.15, 0.2) is 0 Å². The van der Waals surface area contributed by atoms with Gasteiger partial charge in [-0.15, -0.1) is 0 Å². The van der Waals surface area contributed by atoms with Crippen molar-refractivity contribution in [3.63, 3.8) is 0 Å². The van der Waals surface area contributed by atoms with Crippen LogP contribution in [-0.2, 0) is 0 Å². The van der Waals surface area contributed by atoms with Crippen molar-refractivity contribution in [3.8, 4) is 0 Å². The van der Waals surface area contributed by atoms with Gasteiger partial charge in [-0.05, 0) is 24.7 Å². The molecular formula is C14H23N5O2. The SMILES string of the molecule is CCCNc1ncnc(N2CCCC(C)(C)C2)c1[N+](=O)[O-]. The lowest BCUT2D eigenvalue weighted by Crippen LogP contribution is -2.40. The van der Waals surface area contributed by atoms with E-state index in [1.54, 1.807) is 0 Å². The second kappa shape index (κ2) is 6.24. The summed E-state index contributed by atoms with van der Waals surface area (Å²) in [4.78, 5) is 21.3. The third-order valence-corrected chi connectivity index (χ3v) is 3.73. The molecule has 0 amide bonds. The number of nitro groups is 1. The molecule has 116 valence electrons. The van der Waals surface area contributed by atoms with E-state index in [4.69, 9.17) is 0 Å². The first-order chi connectivity index (χ1) is 9.94. The molecule has 1 N–H and O–H groups in total. The molecule has 0 spiro atoms.